The summed E-state index contributed by atoms with van der Waals surface area (Å²) in [6, 6.07) is 13.4. The van der Waals surface area contributed by atoms with E-state index in [1.54, 1.807) is 19.0 Å². The average Bonchev–Trinajstić information content (AvgIpc) is 3.08. The Morgan fingerprint density at radius 3 is 2.03 bits per heavy atom. The SMILES string of the molecule is CN(C)CC(NC(=O)OCC1c2ccccc2-c2ccccc21)C(=O)NC(CO)C(=O)O. The fourth-order valence-electron chi connectivity index (χ4n) is 3.80. The molecule has 2 amide bonds. The van der Waals surface area contributed by atoms with Crippen LogP contribution in [0.3, 0.4) is 0 Å². The zero-order chi connectivity index (χ0) is 23.3. The number of aliphatic hydroxyl groups is 1. The molecular formula is C23H27N3O6. The Balaban J connectivity index is 1.67. The van der Waals surface area contributed by atoms with Gasteiger partial charge in [-0.25, -0.2) is 9.59 Å². The van der Waals surface area contributed by atoms with E-state index in [4.69, 9.17) is 14.9 Å². The summed E-state index contributed by atoms with van der Waals surface area (Å²) < 4.78 is 5.47. The number of aliphatic carboxylic acids is 1. The third-order valence-electron chi connectivity index (χ3n) is 5.30. The van der Waals surface area contributed by atoms with Gasteiger partial charge in [0.25, 0.3) is 0 Å². The lowest BCUT2D eigenvalue weighted by molar-refractivity contribution is -0.143. The van der Waals surface area contributed by atoms with Crippen molar-refractivity contribution in [2.75, 3.05) is 33.9 Å². The molecule has 2 aromatic rings. The molecule has 2 unspecified atom stereocenters. The van der Waals surface area contributed by atoms with E-state index in [2.05, 4.69) is 10.6 Å². The summed E-state index contributed by atoms with van der Waals surface area (Å²) in [5.74, 6) is -2.22. The molecule has 0 saturated heterocycles. The van der Waals surface area contributed by atoms with E-state index in [1.165, 1.54) is 0 Å². The van der Waals surface area contributed by atoms with Crippen molar-refractivity contribution in [3.8, 4) is 11.1 Å². The van der Waals surface area contributed by atoms with Gasteiger partial charge in [0.05, 0.1) is 6.61 Å². The third-order valence-corrected chi connectivity index (χ3v) is 5.30. The highest BCUT2D eigenvalue weighted by molar-refractivity contribution is 5.89. The van der Waals surface area contributed by atoms with Crippen LogP contribution in [-0.4, -0.2) is 79.0 Å². The molecule has 1 aliphatic carbocycles. The average molecular weight is 441 g/mol. The molecule has 9 heteroatoms. The van der Waals surface area contributed by atoms with E-state index in [1.807, 2.05) is 48.5 Å². The third kappa shape index (κ3) is 5.24. The van der Waals surface area contributed by atoms with Crippen molar-refractivity contribution in [2.45, 2.75) is 18.0 Å². The maximum absolute atomic E-state index is 12.5. The van der Waals surface area contributed by atoms with E-state index in [9.17, 15) is 14.4 Å². The molecule has 0 saturated carbocycles. The molecule has 0 fully saturated rings. The van der Waals surface area contributed by atoms with Gasteiger partial charge in [-0.1, -0.05) is 48.5 Å². The van der Waals surface area contributed by atoms with Crippen molar-refractivity contribution in [3.63, 3.8) is 0 Å². The van der Waals surface area contributed by atoms with E-state index >= 15 is 0 Å². The van der Waals surface area contributed by atoms with E-state index in [-0.39, 0.29) is 19.1 Å². The highest BCUT2D eigenvalue weighted by Gasteiger charge is 2.30. The van der Waals surface area contributed by atoms with Gasteiger partial charge in [0.15, 0.2) is 0 Å². The molecule has 1 aliphatic rings. The largest absolute Gasteiger partial charge is 0.480 e. The highest BCUT2D eigenvalue weighted by Crippen LogP contribution is 2.44. The molecule has 3 rings (SSSR count). The first kappa shape index (κ1) is 23.2. The Hall–Kier alpha value is -3.43. The second-order valence-electron chi connectivity index (χ2n) is 7.87. The molecule has 2 aromatic carbocycles. The lowest BCUT2D eigenvalue weighted by Gasteiger charge is -2.23. The number of carboxylic acid groups (broad SMARTS) is 1. The van der Waals surface area contributed by atoms with E-state index in [0.29, 0.717) is 0 Å². The summed E-state index contributed by atoms with van der Waals surface area (Å²) in [6.07, 6.45) is -0.787. The Labute approximate surface area is 186 Å². The molecular weight excluding hydrogens is 414 g/mol. The zero-order valence-corrected chi connectivity index (χ0v) is 17.9. The predicted octanol–water partition coefficient (Wildman–Crippen LogP) is 1.02. The van der Waals surface area contributed by atoms with Crippen LogP contribution in [-0.2, 0) is 14.3 Å². The Bertz CT molecular complexity index is 948. The monoisotopic (exact) mass is 441 g/mol. The van der Waals surface area contributed by atoms with Crippen LogP contribution < -0.4 is 10.6 Å². The first-order valence-electron chi connectivity index (χ1n) is 10.2. The predicted molar refractivity (Wildman–Crippen MR) is 117 cm³/mol. The van der Waals surface area contributed by atoms with Crippen LogP contribution in [0.1, 0.15) is 17.0 Å². The van der Waals surface area contributed by atoms with Gasteiger partial charge >= 0.3 is 12.1 Å². The summed E-state index contributed by atoms with van der Waals surface area (Å²) in [6.45, 7) is -0.556. The molecule has 0 heterocycles. The Kier molecular flexibility index (Phi) is 7.45. The van der Waals surface area contributed by atoms with Gasteiger partial charge in [0.2, 0.25) is 5.91 Å². The highest BCUT2D eigenvalue weighted by atomic mass is 16.5. The van der Waals surface area contributed by atoms with Crippen molar-refractivity contribution < 1.29 is 29.3 Å². The van der Waals surface area contributed by atoms with Crippen LogP contribution in [0, 0.1) is 0 Å². The summed E-state index contributed by atoms with van der Waals surface area (Å²) >= 11 is 0. The van der Waals surface area contributed by atoms with Gasteiger partial charge in [-0.15, -0.1) is 0 Å². The van der Waals surface area contributed by atoms with E-state index in [0.717, 1.165) is 22.3 Å². The first-order valence-corrected chi connectivity index (χ1v) is 10.2. The molecule has 2 atom stereocenters. The molecule has 9 nitrogen and oxygen atoms in total. The number of alkyl carbamates (subject to hydrolysis) is 1. The number of carboxylic acids is 1. The number of rotatable bonds is 9. The number of amides is 2. The number of carbonyl (C=O) groups excluding carboxylic acids is 2. The number of hydrogen-bond donors (Lipinski definition) is 4. The second kappa shape index (κ2) is 10.3. The Morgan fingerprint density at radius 1 is 0.969 bits per heavy atom. The van der Waals surface area contributed by atoms with Gasteiger partial charge in [-0.3, -0.25) is 4.79 Å². The van der Waals surface area contributed by atoms with Crippen LogP contribution in [0.15, 0.2) is 48.5 Å². The van der Waals surface area contributed by atoms with Gasteiger partial charge < -0.3 is 30.5 Å². The first-order chi connectivity index (χ1) is 15.3. The van der Waals surface area contributed by atoms with Crippen molar-refractivity contribution in [1.29, 1.82) is 0 Å². The molecule has 0 aromatic heterocycles. The molecule has 32 heavy (non-hydrogen) atoms. The van der Waals surface area contributed by atoms with Crippen LogP contribution in [0.4, 0.5) is 4.79 Å². The molecule has 170 valence electrons. The number of likely N-dealkylation sites (N-methyl/N-ethyl adjacent to an activating group) is 1. The van der Waals surface area contributed by atoms with Gasteiger partial charge in [0.1, 0.15) is 18.7 Å². The maximum Gasteiger partial charge on any atom is 0.407 e. The van der Waals surface area contributed by atoms with Crippen LogP contribution >= 0.6 is 0 Å². The Morgan fingerprint density at radius 2 is 1.53 bits per heavy atom. The maximum atomic E-state index is 12.5. The van der Waals surface area contributed by atoms with Gasteiger partial charge in [0, 0.05) is 12.5 Å². The number of nitrogens with one attached hydrogen (secondary N) is 2. The summed E-state index contributed by atoms with van der Waals surface area (Å²) in [5.41, 5.74) is 4.34. The molecule has 4 N–H and O–H groups in total. The van der Waals surface area contributed by atoms with Crippen molar-refractivity contribution in [2.24, 2.45) is 0 Å². The summed E-state index contributed by atoms with van der Waals surface area (Å²) in [4.78, 5) is 37.8. The lowest BCUT2D eigenvalue weighted by Crippen LogP contribution is -2.55. The fraction of sp³-hybridized carbons (Fsp3) is 0.348. The molecule has 0 radical (unpaired) electrons. The number of aliphatic hydroxyl groups excluding tert-OH is 1. The number of benzene rings is 2. The topological polar surface area (TPSA) is 128 Å². The lowest BCUT2D eigenvalue weighted by atomic mass is 9.98. The standard InChI is InChI=1S/C23H27N3O6/c1-26(2)11-19(21(28)24-20(12-27)22(29)30)25-23(31)32-13-18-16-9-5-3-7-14(16)15-8-4-6-10-17(15)18/h3-10,18-20,27H,11-13H2,1-2H3,(H,24,28)(H,25,31)(H,29,30). The van der Waals surface area contributed by atoms with Gasteiger partial charge in [-0.2, -0.15) is 0 Å². The van der Waals surface area contributed by atoms with Gasteiger partial charge in [-0.05, 0) is 36.3 Å². The fourth-order valence-corrected chi connectivity index (χ4v) is 3.80. The number of carbonyl (C=O) groups is 3. The quantitative estimate of drug-likeness (QED) is 0.457. The smallest absolute Gasteiger partial charge is 0.407 e. The summed E-state index contributed by atoms with van der Waals surface area (Å²) in [5, 5.41) is 22.9. The minimum atomic E-state index is -1.46. The van der Waals surface area contributed by atoms with Crippen molar-refractivity contribution >= 4 is 18.0 Å². The summed E-state index contributed by atoms with van der Waals surface area (Å²) in [7, 11) is 3.42. The molecule has 0 bridgehead atoms. The second-order valence-corrected chi connectivity index (χ2v) is 7.87. The number of nitrogens with zero attached hydrogens (tertiary/aromatic N) is 1. The molecule has 0 spiro atoms. The molecule has 0 aliphatic heterocycles. The van der Waals surface area contributed by atoms with Crippen LogP contribution in [0.25, 0.3) is 11.1 Å². The number of ether oxygens (including phenoxy) is 1. The minimum absolute atomic E-state index is 0.0879. The van der Waals surface area contributed by atoms with E-state index < -0.39 is 36.7 Å². The van der Waals surface area contributed by atoms with Crippen molar-refractivity contribution in [1.82, 2.24) is 15.5 Å². The minimum Gasteiger partial charge on any atom is -0.480 e. The number of hydrogen-bond acceptors (Lipinski definition) is 6. The zero-order valence-electron chi connectivity index (χ0n) is 17.9. The van der Waals surface area contributed by atoms with Crippen molar-refractivity contribution in [3.05, 3.63) is 59.7 Å². The van der Waals surface area contributed by atoms with Crippen LogP contribution in [0.2, 0.25) is 0 Å². The van der Waals surface area contributed by atoms with Crippen LogP contribution in [0.5, 0.6) is 0 Å². The normalized spacial score (nSPS) is 14.2. The number of fused-ring (bicyclic) bond motifs is 3.